The minimum atomic E-state index is -1.12. The normalized spacial score (nSPS) is 14.7. The second-order valence-corrected chi connectivity index (χ2v) is 7.62. The zero-order valence-corrected chi connectivity index (χ0v) is 14.0. The average molecular weight is 302 g/mol. The molecule has 0 saturated heterocycles. The lowest BCUT2D eigenvalue weighted by molar-refractivity contribution is -0.142. The van der Waals surface area contributed by atoms with Crippen molar-refractivity contribution in [2.45, 2.75) is 66.0 Å². The van der Waals surface area contributed by atoms with Crippen LogP contribution in [-0.4, -0.2) is 40.3 Å². The largest absolute Gasteiger partial charge is 0.481 e. The van der Waals surface area contributed by atoms with Crippen molar-refractivity contribution in [1.82, 2.24) is 5.32 Å². The van der Waals surface area contributed by atoms with Crippen LogP contribution in [0, 0.1) is 10.8 Å². The van der Waals surface area contributed by atoms with Gasteiger partial charge in [-0.15, -0.1) is 0 Å². The highest BCUT2D eigenvalue weighted by molar-refractivity contribution is 5.82. The lowest BCUT2D eigenvalue weighted by atomic mass is 9.62. The number of rotatable bonds is 6. The lowest BCUT2D eigenvalue weighted by Gasteiger charge is -2.49. The van der Waals surface area contributed by atoms with E-state index in [1.807, 2.05) is 41.5 Å². The molecule has 0 spiro atoms. The van der Waals surface area contributed by atoms with Gasteiger partial charge in [-0.3, -0.25) is 9.59 Å². The number of hydrogen-bond acceptors (Lipinski definition) is 4. The van der Waals surface area contributed by atoms with Gasteiger partial charge in [0.2, 0.25) is 5.91 Å². The average Bonchev–Trinajstić information content (AvgIpc) is 2.29. The van der Waals surface area contributed by atoms with Gasteiger partial charge in [0, 0.05) is 13.0 Å². The molecule has 21 heavy (non-hydrogen) atoms. The van der Waals surface area contributed by atoms with Crippen LogP contribution in [0.2, 0.25) is 0 Å². The highest BCUT2D eigenvalue weighted by atomic mass is 16.4. The highest BCUT2D eigenvalue weighted by Crippen LogP contribution is 2.43. The van der Waals surface area contributed by atoms with Crippen LogP contribution in [0.1, 0.15) is 54.4 Å². The van der Waals surface area contributed by atoms with E-state index in [1.54, 1.807) is 0 Å². The zero-order valence-electron chi connectivity index (χ0n) is 14.0. The fourth-order valence-corrected chi connectivity index (χ4v) is 2.41. The Morgan fingerprint density at radius 3 is 1.86 bits per heavy atom. The minimum absolute atomic E-state index is 0.0691. The number of aliphatic hydroxyl groups is 1. The van der Waals surface area contributed by atoms with E-state index in [1.165, 1.54) is 0 Å². The molecule has 6 heteroatoms. The zero-order chi connectivity index (χ0) is 17.1. The highest BCUT2D eigenvalue weighted by Gasteiger charge is 2.49. The maximum atomic E-state index is 11.9. The van der Waals surface area contributed by atoms with Gasteiger partial charge in [0.05, 0.1) is 11.6 Å². The van der Waals surface area contributed by atoms with Crippen LogP contribution >= 0.6 is 0 Å². The summed E-state index contributed by atoms with van der Waals surface area (Å²) in [5.74, 6) is -1.43. The summed E-state index contributed by atoms with van der Waals surface area (Å²) in [6.07, 6.45) is -0.0813. The third kappa shape index (κ3) is 5.28. The Hall–Kier alpha value is -1.14. The van der Waals surface area contributed by atoms with Gasteiger partial charge in [0.1, 0.15) is 0 Å². The first kappa shape index (κ1) is 19.9. The molecule has 0 radical (unpaired) electrons. The van der Waals surface area contributed by atoms with Crippen LogP contribution < -0.4 is 11.1 Å². The molecular formula is C15H30N2O4. The Morgan fingerprint density at radius 1 is 1.10 bits per heavy atom. The summed E-state index contributed by atoms with van der Waals surface area (Å²) in [6, 6.07) is -0.884. The van der Waals surface area contributed by atoms with Crippen LogP contribution in [-0.2, 0) is 9.59 Å². The maximum Gasteiger partial charge on any atom is 0.303 e. The van der Waals surface area contributed by atoms with Crippen molar-refractivity contribution in [3.63, 3.8) is 0 Å². The van der Waals surface area contributed by atoms with Gasteiger partial charge in [-0.05, 0) is 17.3 Å². The molecule has 0 bridgehead atoms. The van der Waals surface area contributed by atoms with Crippen LogP contribution in [0.15, 0.2) is 0 Å². The molecule has 0 aromatic heterocycles. The van der Waals surface area contributed by atoms with E-state index in [-0.39, 0.29) is 19.4 Å². The van der Waals surface area contributed by atoms with Crippen molar-refractivity contribution in [3.05, 3.63) is 0 Å². The number of carboxylic acid groups (broad SMARTS) is 1. The number of amides is 1. The fraction of sp³-hybridized carbons (Fsp3) is 0.867. The fourth-order valence-electron chi connectivity index (χ4n) is 2.41. The maximum absolute atomic E-state index is 11.9. The second-order valence-electron chi connectivity index (χ2n) is 7.62. The van der Waals surface area contributed by atoms with Gasteiger partial charge in [-0.2, -0.15) is 0 Å². The SMILES string of the molecule is CC(C)(C)C(O)(CNC(=O)[C@@H](N)CCC(=O)O)C(C)(C)C. The van der Waals surface area contributed by atoms with E-state index >= 15 is 0 Å². The summed E-state index contributed by atoms with van der Waals surface area (Å²) >= 11 is 0. The van der Waals surface area contributed by atoms with E-state index in [0.717, 1.165) is 0 Å². The predicted molar refractivity (Wildman–Crippen MR) is 81.7 cm³/mol. The first-order valence-corrected chi connectivity index (χ1v) is 7.20. The summed E-state index contributed by atoms with van der Waals surface area (Å²) in [4.78, 5) is 22.4. The van der Waals surface area contributed by atoms with E-state index in [4.69, 9.17) is 10.8 Å². The third-order valence-corrected chi connectivity index (χ3v) is 4.01. The summed E-state index contributed by atoms with van der Waals surface area (Å²) in [7, 11) is 0. The van der Waals surface area contributed by atoms with Crippen LogP contribution in [0.5, 0.6) is 0 Å². The number of carbonyl (C=O) groups is 2. The van der Waals surface area contributed by atoms with E-state index in [9.17, 15) is 14.7 Å². The topological polar surface area (TPSA) is 113 Å². The van der Waals surface area contributed by atoms with Gasteiger partial charge < -0.3 is 21.3 Å². The Balaban J connectivity index is 4.79. The van der Waals surface area contributed by atoms with Gasteiger partial charge in [0.25, 0.3) is 0 Å². The smallest absolute Gasteiger partial charge is 0.303 e. The van der Waals surface area contributed by atoms with Crippen molar-refractivity contribution >= 4 is 11.9 Å². The van der Waals surface area contributed by atoms with Gasteiger partial charge in [-0.1, -0.05) is 41.5 Å². The molecule has 0 heterocycles. The number of nitrogens with one attached hydrogen (secondary N) is 1. The van der Waals surface area contributed by atoms with E-state index in [0.29, 0.717) is 0 Å². The molecule has 6 nitrogen and oxygen atoms in total. The molecule has 0 aliphatic heterocycles. The summed E-state index contributed by atoms with van der Waals surface area (Å²) in [6.45, 7) is 11.5. The number of hydrogen-bond donors (Lipinski definition) is 4. The Bertz CT molecular complexity index is 366. The van der Waals surface area contributed by atoms with Crippen molar-refractivity contribution in [3.8, 4) is 0 Å². The monoisotopic (exact) mass is 302 g/mol. The molecule has 1 atom stereocenters. The quantitative estimate of drug-likeness (QED) is 0.587. The molecule has 0 aromatic rings. The molecule has 0 aromatic carbocycles. The Kier molecular flexibility index (Phi) is 6.38. The summed E-state index contributed by atoms with van der Waals surface area (Å²) in [5, 5.41) is 22.2. The minimum Gasteiger partial charge on any atom is -0.481 e. The molecule has 0 fully saturated rings. The van der Waals surface area contributed by atoms with Crippen LogP contribution in [0.3, 0.4) is 0 Å². The second kappa shape index (κ2) is 6.75. The first-order valence-electron chi connectivity index (χ1n) is 7.20. The van der Waals surface area contributed by atoms with Gasteiger partial charge in [0.15, 0.2) is 0 Å². The third-order valence-electron chi connectivity index (χ3n) is 4.01. The van der Waals surface area contributed by atoms with Crippen molar-refractivity contribution in [2.24, 2.45) is 16.6 Å². The molecular weight excluding hydrogens is 272 g/mol. The number of carbonyl (C=O) groups excluding carboxylic acids is 1. The number of nitrogens with two attached hydrogens (primary N) is 1. The van der Waals surface area contributed by atoms with Gasteiger partial charge in [-0.25, -0.2) is 0 Å². The lowest BCUT2D eigenvalue weighted by Crippen LogP contribution is -2.60. The standard InChI is InChI=1S/C15H30N2O4/c1-13(2,3)15(21,14(4,5)6)9-17-12(20)10(16)7-8-11(18)19/h10,21H,7-9,16H2,1-6H3,(H,17,20)(H,18,19)/t10-/m0/s1. The molecule has 0 aliphatic rings. The molecule has 1 amide bonds. The van der Waals surface area contributed by atoms with E-state index < -0.39 is 34.3 Å². The van der Waals surface area contributed by atoms with Crippen molar-refractivity contribution in [1.29, 1.82) is 0 Å². The molecule has 0 rings (SSSR count). The van der Waals surface area contributed by atoms with Crippen LogP contribution in [0.25, 0.3) is 0 Å². The number of aliphatic carboxylic acids is 1. The molecule has 124 valence electrons. The first-order chi connectivity index (χ1) is 9.22. The van der Waals surface area contributed by atoms with Crippen LogP contribution in [0.4, 0.5) is 0 Å². The molecule has 0 unspecified atom stereocenters. The van der Waals surface area contributed by atoms with Crippen molar-refractivity contribution in [2.75, 3.05) is 6.54 Å². The summed E-state index contributed by atoms with van der Waals surface area (Å²) in [5.41, 5.74) is 3.65. The molecule has 0 saturated carbocycles. The molecule has 5 N–H and O–H groups in total. The number of carboxylic acids is 1. The van der Waals surface area contributed by atoms with Crippen molar-refractivity contribution < 1.29 is 19.8 Å². The Labute approximate surface area is 127 Å². The summed E-state index contributed by atoms with van der Waals surface area (Å²) < 4.78 is 0. The Morgan fingerprint density at radius 2 is 1.52 bits per heavy atom. The predicted octanol–water partition coefficient (Wildman–Crippen LogP) is 1.12. The van der Waals surface area contributed by atoms with Gasteiger partial charge >= 0.3 is 5.97 Å². The molecule has 0 aliphatic carbocycles. The van der Waals surface area contributed by atoms with E-state index in [2.05, 4.69) is 5.32 Å².